The number of benzene rings is 1. The summed E-state index contributed by atoms with van der Waals surface area (Å²) in [5.41, 5.74) is 1.64. The van der Waals surface area contributed by atoms with E-state index in [4.69, 9.17) is 0 Å². The molecule has 0 aromatic heterocycles. The van der Waals surface area contributed by atoms with Gasteiger partial charge in [0.25, 0.3) is 0 Å². The Morgan fingerprint density at radius 1 is 1.43 bits per heavy atom. The number of nitrogens with one attached hydrogen (secondary N) is 1. The molecule has 0 unspecified atom stereocenters. The molecule has 2 rings (SSSR count). The maximum atomic E-state index is 11.8. The van der Waals surface area contributed by atoms with Crippen LogP contribution in [0.15, 0.2) is 23.1 Å². The summed E-state index contributed by atoms with van der Waals surface area (Å²) in [4.78, 5) is 0.367. The highest BCUT2D eigenvalue weighted by atomic mass is 32.2. The van der Waals surface area contributed by atoms with Crippen molar-refractivity contribution >= 4 is 15.7 Å². The van der Waals surface area contributed by atoms with Crippen molar-refractivity contribution in [3.8, 4) is 0 Å². The summed E-state index contributed by atoms with van der Waals surface area (Å²) < 4.78 is 25.0. The van der Waals surface area contributed by atoms with Crippen molar-refractivity contribution < 1.29 is 8.42 Å². The lowest BCUT2D eigenvalue weighted by Crippen LogP contribution is -2.36. The third-order valence-corrected chi connectivity index (χ3v) is 4.16. The first-order chi connectivity index (χ1) is 6.51. The van der Waals surface area contributed by atoms with Gasteiger partial charge in [-0.15, -0.1) is 0 Å². The molecule has 0 saturated carbocycles. The quantitative estimate of drug-likeness (QED) is 0.698. The molecule has 1 aliphatic rings. The van der Waals surface area contributed by atoms with Gasteiger partial charge in [0.2, 0.25) is 10.0 Å². The summed E-state index contributed by atoms with van der Waals surface area (Å²) >= 11 is 0. The van der Waals surface area contributed by atoms with E-state index in [2.05, 4.69) is 5.32 Å². The molecular weight excluding hydrogens is 200 g/mol. The summed E-state index contributed by atoms with van der Waals surface area (Å²) in [6.07, 6.45) is 0. The number of anilines is 1. The van der Waals surface area contributed by atoms with Crippen LogP contribution in [0.3, 0.4) is 0 Å². The molecule has 1 aromatic rings. The fraction of sp³-hybridized carbons (Fsp3) is 0.333. The Kier molecular flexibility index (Phi) is 2.01. The van der Waals surface area contributed by atoms with Crippen molar-refractivity contribution in [1.29, 1.82) is 0 Å². The van der Waals surface area contributed by atoms with Crippen LogP contribution < -0.4 is 5.32 Å². The Labute approximate surface area is 83.6 Å². The Hall–Kier alpha value is -1.07. The highest BCUT2D eigenvalue weighted by Gasteiger charge is 2.28. The van der Waals surface area contributed by atoms with Crippen LogP contribution in [0.1, 0.15) is 5.56 Å². The monoisotopic (exact) mass is 212 g/mol. The average Bonchev–Trinajstić information content (AvgIpc) is 2.13. The zero-order chi connectivity index (χ0) is 10.3. The van der Waals surface area contributed by atoms with Crippen LogP contribution in [0.2, 0.25) is 0 Å². The molecule has 1 aromatic carbocycles. The molecule has 0 bridgehead atoms. The SMILES string of the molecule is Cc1ccc2c(c1)S(=O)(=O)N(C)CN2. The van der Waals surface area contributed by atoms with Gasteiger partial charge in [-0.2, -0.15) is 4.31 Å². The number of hydrogen-bond acceptors (Lipinski definition) is 3. The molecule has 76 valence electrons. The van der Waals surface area contributed by atoms with Crippen LogP contribution in [-0.2, 0) is 10.0 Å². The largest absolute Gasteiger partial charge is 0.370 e. The van der Waals surface area contributed by atoms with E-state index >= 15 is 0 Å². The third-order valence-electron chi connectivity index (χ3n) is 2.32. The van der Waals surface area contributed by atoms with Gasteiger partial charge in [0.15, 0.2) is 0 Å². The van der Waals surface area contributed by atoms with Gasteiger partial charge in [-0.05, 0) is 24.6 Å². The van der Waals surface area contributed by atoms with Gasteiger partial charge in [0, 0.05) is 7.05 Å². The molecule has 0 fully saturated rings. The highest BCUT2D eigenvalue weighted by molar-refractivity contribution is 7.89. The first kappa shape index (κ1) is 9.48. The Morgan fingerprint density at radius 2 is 2.14 bits per heavy atom. The molecule has 5 heteroatoms. The van der Waals surface area contributed by atoms with Crippen molar-refractivity contribution in [1.82, 2.24) is 4.31 Å². The van der Waals surface area contributed by atoms with Crippen LogP contribution in [0.5, 0.6) is 0 Å². The van der Waals surface area contributed by atoms with Crippen LogP contribution in [0.4, 0.5) is 5.69 Å². The van der Waals surface area contributed by atoms with Crippen molar-refractivity contribution in [2.75, 3.05) is 19.0 Å². The second kappa shape index (κ2) is 2.96. The van der Waals surface area contributed by atoms with E-state index in [-0.39, 0.29) is 0 Å². The summed E-state index contributed by atoms with van der Waals surface area (Å²) in [6, 6.07) is 5.38. The number of rotatable bonds is 0. The van der Waals surface area contributed by atoms with E-state index < -0.39 is 10.0 Å². The van der Waals surface area contributed by atoms with E-state index in [1.54, 1.807) is 19.2 Å². The van der Waals surface area contributed by atoms with E-state index in [0.717, 1.165) is 5.56 Å². The van der Waals surface area contributed by atoms with Gasteiger partial charge in [-0.25, -0.2) is 8.42 Å². The minimum atomic E-state index is -3.27. The second-order valence-electron chi connectivity index (χ2n) is 3.44. The Morgan fingerprint density at radius 3 is 2.86 bits per heavy atom. The third kappa shape index (κ3) is 1.29. The zero-order valence-corrected chi connectivity index (χ0v) is 8.93. The van der Waals surface area contributed by atoms with Gasteiger partial charge in [0.05, 0.1) is 12.4 Å². The minimum Gasteiger partial charge on any atom is -0.370 e. The molecule has 0 spiro atoms. The highest BCUT2D eigenvalue weighted by Crippen LogP contribution is 2.28. The first-order valence-corrected chi connectivity index (χ1v) is 5.77. The van der Waals surface area contributed by atoms with E-state index in [0.29, 0.717) is 17.3 Å². The predicted molar refractivity (Wildman–Crippen MR) is 54.6 cm³/mol. The fourth-order valence-electron chi connectivity index (χ4n) is 1.44. The Balaban J connectivity index is 2.68. The minimum absolute atomic E-state index is 0.332. The van der Waals surface area contributed by atoms with E-state index in [1.165, 1.54) is 4.31 Å². The maximum Gasteiger partial charge on any atom is 0.246 e. The standard InChI is InChI=1S/C9H12N2O2S/c1-7-3-4-8-9(5-7)14(12,13)11(2)6-10-8/h3-5,10H,6H2,1-2H3. The van der Waals surface area contributed by atoms with Crippen molar-refractivity contribution in [3.05, 3.63) is 23.8 Å². The van der Waals surface area contributed by atoms with Gasteiger partial charge in [0.1, 0.15) is 4.90 Å². The summed E-state index contributed by atoms with van der Waals surface area (Å²) in [5, 5.41) is 3.04. The fourth-order valence-corrected chi connectivity index (χ4v) is 2.76. The predicted octanol–water partition coefficient (Wildman–Crippen LogP) is 0.999. The van der Waals surface area contributed by atoms with Gasteiger partial charge < -0.3 is 5.32 Å². The maximum absolute atomic E-state index is 11.8. The molecule has 0 atom stereocenters. The molecule has 1 N–H and O–H groups in total. The average molecular weight is 212 g/mol. The Bertz CT molecular complexity index is 468. The molecule has 14 heavy (non-hydrogen) atoms. The van der Waals surface area contributed by atoms with Crippen LogP contribution in [-0.4, -0.2) is 26.4 Å². The number of fused-ring (bicyclic) bond motifs is 1. The number of sulfonamides is 1. The van der Waals surface area contributed by atoms with Crippen LogP contribution in [0.25, 0.3) is 0 Å². The van der Waals surface area contributed by atoms with Crippen molar-refractivity contribution in [2.45, 2.75) is 11.8 Å². The first-order valence-electron chi connectivity index (χ1n) is 4.33. The van der Waals surface area contributed by atoms with Crippen LogP contribution >= 0.6 is 0 Å². The van der Waals surface area contributed by atoms with Gasteiger partial charge in [-0.3, -0.25) is 0 Å². The van der Waals surface area contributed by atoms with Crippen molar-refractivity contribution in [2.24, 2.45) is 0 Å². The number of aryl methyl sites for hydroxylation is 1. The van der Waals surface area contributed by atoms with Crippen LogP contribution in [0, 0.1) is 6.92 Å². The molecule has 0 radical (unpaired) electrons. The summed E-state index contributed by atoms with van der Waals surface area (Å²) in [7, 11) is -1.71. The normalized spacial score (nSPS) is 19.9. The molecule has 0 amide bonds. The summed E-state index contributed by atoms with van der Waals surface area (Å²) in [5.74, 6) is 0. The molecule has 1 heterocycles. The lowest BCUT2D eigenvalue weighted by molar-refractivity contribution is 0.482. The number of nitrogens with zero attached hydrogens (tertiary/aromatic N) is 1. The number of hydrogen-bond donors (Lipinski definition) is 1. The zero-order valence-electron chi connectivity index (χ0n) is 8.11. The molecule has 1 aliphatic heterocycles. The molecular formula is C9H12N2O2S. The van der Waals surface area contributed by atoms with E-state index in [1.807, 2.05) is 13.0 Å². The lowest BCUT2D eigenvalue weighted by Gasteiger charge is -2.26. The topological polar surface area (TPSA) is 49.4 Å². The summed E-state index contributed by atoms with van der Waals surface area (Å²) in [6.45, 7) is 2.21. The molecule has 0 aliphatic carbocycles. The van der Waals surface area contributed by atoms with Gasteiger partial charge >= 0.3 is 0 Å². The van der Waals surface area contributed by atoms with Crippen molar-refractivity contribution in [3.63, 3.8) is 0 Å². The van der Waals surface area contributed by atoms with Gasteiger partial charge in [-0.1, -0.05) is 6.07 Å². The van der Waals surface area contributed by atoms with E-state index in [9.17, 15) is 8.42 Å². The molecule has 4 nitrogen and oxygen atoms in total. The smallest absolute Gasteiger partial charge is 0.246 e. The molecule has 0 saturated heterocycles. The second-order valence-corrected chi connectivity index (χ2v) is 5.45. The lowest BCUT2D eigenvalue weighted by atomic mass is 10.2.